The first kappa shape index (κ1) is 7.66. The molecule has 0 saturated heterocycles. The van der Waals surface area contributed by atoms with E-state index in [4.69, 9.17) is 5.73 Å². The number of aryl methyl sites for hydroxylation is 1. The molecule has 6 nitrogen and oxygen atoms in total. The number of rotatable bonds is 1. The summed E-state index contributed by atoms with van der Waals surface area (Å²) in [7, 11) is 0. The smallest absolute Gasteiger partial charge is 0.239 e. The van der Waals surface area contributed by atoms with E-state index in [0.29, 0.717) is 5.82 Å². The van der Waals surface area contributed by atoms with Crippen molar-refractivity contribution in [3.8, 4) is 5.82 Å². The highest BCUT2D eigenvalue weighted by Gasteiger charge is 2.00. The molecule has 66 valence electrons. The van der Waals surface area contributed by atoms with E-state index in [1.165, 1.54) is 17.3 Å². The van der Waals surface area contributed by atoms with Crippen LogP contribution in [0, 0.1) is 6.92 Å². The average molecular weight is 176 g/mol. The molecule has 0 amide bonds. The molecule has 2 aromatic rings. The number of hydrogen-bond donors (Lipinski definition) is 1. The fourth-order valence-electron chi connectivity index (χ4n) is 0.952. The van der Waals surface area contributed by atoms with Crippen LogP contribution in [0.15, 0.2) is 18.7 Å². The molecule has 0 aromatic carbocycles. The van der Waals surface area contributed by atoms with E-state index < -0.39 is 0 Å². The van der Waals surface area contributed by atoms with Gasteiger partial charge in [0.2, 0.25) is 5.95 Å². The third kappa shape index (κ3) is 1.46. The number of aromatic nitrogens is 5. The van der Waals surface area contributed by atoms with Crippen molar-refractivity contribution < 1.29 is 0 Å². The molecular weight excluding hydrogens is 168 g/mol. The van der Waals surface area contributed by atoms with Gasteiger partial charge in [-0.15, -0.1) is 5.10 Å². The molecule has 0 fully saturated rings. The maximum atomic E-state index is 5.37. The highest BCUT2D eigenvalue weighted by Crippen LogP contribution is 2.02. The average Bonchev–Trinajstić information content (AvgIpc) is 2.52. The summed E-state index contributed by atoms with van der Waals surface area (Å²) >= 11 is 0. The number of nitrogens with two attached hydrogens (primary N) is 1. The van der Waals surface area contributed by atoms with Gasteiger partial charge in [0, 0.05) is 11.8 Å². The summed E-state index contributed by atoms with van der Waals surface area (Å²) in [5.41, 5.74) is 6.24. The van der Waals surface area contributed by atoms with Crippen molar-refractivity contribution in [2.75, 3.05) is 5.73 Å². The lowest BCUT2D eigenvalue weighted by Crippen LogP contribution is -2.00. The first-order valence-electron chi connectivity index (χ1n) is 3.72. The number of hydrogen-bond acceptors (Lipinski definition) is 5. The van der Waals surface area contributed by atoms with Gasteiger partial charge in [0.25, 0.3) is 0 Å². The fraction of sp³-hybridized carbons (Fsp3) is 0.143. The van der Waals surface area contributed by atoms with Gasteiger partial charge >= 0.3 is 0 Å². The third-order valence-electron chi connectivity index (χ3n) is 1.53. The minimum atomic E-state index is 0.233. The Hall–Kier alpha value is -1.98. The molecular formula is C7H8N6. The third-order valence-corrected chi connectivity index (χ3v) is 1.53. The molecule has 0 radical (unpaired) electrons. The molecule has 0 aliphatic rings. The molecule has 0 unspecified atom stereocenters. The predicted octanol–water partition coefficient (Wildman–Crippen LogP) is -0.0521. The molecule has 0 atom stereocenters. The molecule has 2 rings (SSSR count). The monoisotopic (exact) mass is 176 g/mol. The van der Waals surface area contributed by atoms with Crippen LogP contribution in [-0.2, 0) is 0 Å². The standard InChI is InChI=1S/C7H8N6/c1-5-2-6(10-3-9-5)13-4-11-7(8)12-13/h2-4H,1H3,(H2,8,12). The van der Waals surface area contributed by atoms with Crippen molar-refractivity contribution in [3.63, 3.8) is 0 Å². The van der Waals surface area contributed by atoms with Crippen molar-refractivity contribution >= 4 is 5.95 Å². The van der Waals surface area contributed by atoms with Gasteiger partial charge in [-0.25, -0.2) is 19.6 Å². The normalized spacial score (nSPS) is 10.2. The quantitative estimate of drug-likeness (QED) is 0.658. The van der Waals surface area contributed by atoms with E-state index in [1.807, 2.05) is 6.92 Å². The number of nitrogen functional groups attached to an aromatic ring is 1. The Kier molecular flexibility index (Phi) is 1.66. The number of nitrogens with zero attached hydrogens (tertiary/aromatic N) is 5. The molecule has 2 heterocycles. The van der Waals surface area contributed by atoms with Crippen LogP contribution in [-0.4, -0.2) is 24.7 Å². The minimum Gasteiger partial charge on any atom is -0.366 e. The first-order chi connectivity index (χ1) is 6.25. The van der Waals surface area contributed by atoms with E-state index >= 15 is 0 Å². The zero-order chi connectivity index (χ0) is 9.26. The van der Waals surface area contributed by atoms with Crippen molar-refractivity contribution in [1.29, 1.82) is 0 Å². The lowest BCUT2D eigenvalue weighted by Gasteiger charge is -1.97. The lowest BCUT2D eigenvalue weighted by molar-refractivity contribution is 0.836. The van der Waals surface area contributed by atoms with E-state index in [-0.39, 0.29) is 5.95 Å². The zero-order valence-corrected chi connectivity index (χ0v) is 7.05. The largest absolute Gasteiger partial charge is 0.366 e. The molecule has 2 aromatic heterocycles. The lowest BCUT2D eigenvalue weighted by atomic mass is 10.4. The molecule has 0 aliphatic heterocycles. The SMILES string of the molecule is Cc1cc(-n2cnc(N)n2)ncn1. The Morgan fingerprint density at radius 2 is 2.15 bits per heavy atom. The topological polar surface area (TPSA) is 82.5 Å². The van der Waals surface area contributed by atoms with Gasteiger partial charge in [-0.3, -0.25) is 0 Å². The van der Waals surface area contributed by atoms with E-state index in [9.17, 15) is 0 Å². The summed E-state index contributed by atoms with van der Waals surface area (Å²) in [6, 6.07) is 1.80. The molecule has 0 spiro atoms. The summed E-state index contributed by atoms with van der Waals surface area (Å²) in [5.74, 6) is 0.896. The summed E-state index contributed by atoms with van der Waals surface area (Å²) in [6.07, 6.45) is 2.99. The summed E-state index contributed by atoms with van der Waals surface area (Å²) in [6.45, 7) is 1.88. The Labute approximate surface area is 74.5 Å². The van der Waals surface area contributed by atoms with Gasteiger partial charge < -0.3 is 5.73 Å². The van der Waals surface area contributed by atoms with Crippen LogP contribution < -0.4 is 5.73 Å². The first-order valence-corrected chi connectivity index (χ1v) is 3.72. The van der Waals surface area contributed by atoms with Gasteiger partial charge in [0.15, 0.2) is 5.82 Å². The van der Waals surface area contributed by atoms with Gasteiger partial charge in [-0.2, -0.15) is 0 Å². The Balaban J connectivity index is 2.46. The van der Waals surface area contributed by atoms with E-state index in [0.717, 1.165) is 5.69 Å². The maximum Gasteiger partial charge on any atom is 0.239 e. The van der Waals surface area contributed by atoms with Crippen molar-refractivity contribution in [2.45, 2.75) is 6.92 Å². The maximum absolute atomic E-state index is 5.37. The second-order valence-electron chi connectivity index (χ2n) is 2.56. The van der Waals surface area contributed by atoms with Crippen LogP contribution >= 0.6 is 0 Å². The van der Waals surface area contributed by atoms with Crippen LogP contribution in [0.2, 0.25) is 0 Å². The molecule has 0 aliphatic carbocycles. The van der Waals surface area contributed by atoms with Crippen LogP contribution in [0.4, 0.5) is 5.95 Å². The van der Waals surface area contributed by atoms with Crippen molar-refractivity contribution in [3.05, 3.63) is 24.4 Å². The Morgan fingerprint density at radius 1 is 1.31 bits per heavy atom. The van der Waals surface area contributed by atoms with Crippen LogP contribution in [0.5, 0.6) is 0 Å². The molecule has 6 heteroatoms. The van der Waals surface area contributed by atoms with Crippen LogP contribution in [0.1, 0.15) is 5.69 Å². The zero-order valence-electron chi connectivity index (χ0n) is 7.05. The Morgan fingerprint density at radius 3 is 2.77 bits per heavy atom. The number of anilines is 1. The van der Waals surface area contributed by atoms with Crippen LogP contribution in [0.25, 0.3) is 5.82 Å². The summed E-state index contributed by atoms with van der Waals surface area (Å²) in [5, 5.41) is 3.92. The second-order valence-corrected chi connectivity index (χ2v) is 2.56. The summed E-state index contributed by atoms with van der Waals surface area (Å²) in [4.78, 5) is 11.8. The molecule has 2 N–H and O–H groups in total. The highest BCUT2D eigenvalue weighted by molar-refractivity contribution is 5.23. The highest BCUT2D eigenvalue weighted by atomic mass is 15.4. The fourth-order valence-corrected chi connectivity index (χ4v) is 0.952. The molecule has 0 saturated carbocycles. The van der Waals surface area contributed by atoms with Gasteiger partial charge in [0.1, 0.15) is 12.7 Å². The van der Waals surface area contributed by atoms with Gasteiger partial charge in [-0.1, -0.05) is 0 Å². The second kappa shape index (κ2) is 2.81. The Bertz CT molecular complexity index is 420. The summed E-state index contributed by atoms with van der Waals surface area (Å²) < 4.78 is 1.50. The van der Waals surface area contributed by atoms with Crippen LogP contribution in [0.3, 0.4) is 0 Å². The molecule has 0 bridgehead atoms. The van der Waals surface area contributed by atoms with Gasteiger partial charge in [0.05, 0.1) is 0 Å². The van der Waals surface area contributed by atoms with Crippen molar-refractivity contribution in [1.82, 2.24) is 24.7 Å². The predicted molar refractivity (Wildman–Crippen MR) is 46.1 cm³/mol. The molecule has 13 heavy (non-hydrogen) atoms. The van der Waals surface area contributed by atoms with Crippen molar-refractivity contribution in [2.24, 2.45) is 0 Å². The van der Waals surface area contributed by atoms with E-state index in [1.54, 1.807) is 6.07 Å². The minimum absolute atomic E-state index is 0.233. The van der Waals surface area contributed by atoms with E-state index in [2.05, 4.69) is 20.1 Å². The van der Waals surface area contributed by atoms with Gasteiger partial charge in [-0.05, 0) is 6.92 Å².